The first kappa shape index (κ1) is 15.6. The molecule has 0 atom stereocenters. The number of hydrogen-bond donors (Lipinski definition) is 0. The molecule has 0 aliphatic carbocycles. The van der Waals surface area contributed by atoms with Gasteiger partial charge in [-0.3, -0.25) is 0 Å². The number of rotatable bonds is 0. The van der Waals surface area contributed by atoms with E-state index in [-0.39, 0.29) is 63.6 Å². The Morgan fingerprint density at radius 1 is 1.50 bits per heavy atom. The molecule has 0 radical (unpaired) electrons. The van der Waals surface area contributed by atoms with Crippen molar-refractivity contribution in [2.75, 3.05) is 0 Å². The zero-order chi connectivity index (χ0) is 3.58. The summed E-state index contributed by atoms with van der Waals surface area (Å²) in [6.45, 7) is 0. The molecule has 0 aliphatic rings. The summed E-state index contributed by atoms with van der Waals surface area (Å²) >= 11 is 0. The molecule has 0 aliphatic heterocycles. The van der Waals surface area contributed by atoms with Gasteiger partial charge in [-0.05, 0) is 0 Å². The predicted octanol–water partition coefficient (Wildman–Crippen LogP) is -3.41. The molecule has 0 N–H and O–H groups in total. The minimum absolute atomic E-state index is 0. The normalized spacial score (nSPS) is 4.00. The second-order valence-electron chi connectivity index (χ2n) is 0.250. The first-order chi connectivity index (χ1) is 1.73. The molecule has 0 unspecified atom stereocenters. The Morgan fingerprint density at radius 2 is 1.50 bits per heavy atom. The van der Waals surface area contributed by atoms with Gasteiger partial charge in [0.25, 0.3) is 0 Å². The Hall–Kier alpha value is 1.64. The van der Waals surface area contributed by atoms with Crippen LogP contribution in [0.15, 0.2) is 0 Å². The number of hydrogen-bond acceptors (Lipinski definition) is 3. The van der Waals surface area contributed by atoms with Gasteiger partial charge in [-0.15, -0.1) is 0 Å². The summed E-state index contributed by atoms with van der Waals surface area (Å²) in [4.78, 5) is 17.0. The maximum absolute atomic E-state index is 8.52. The first-order valence-electron chi connectivity index (χ1n) is 0.612. The van der Waals surface area contributed by atoms with Crippen molar-refractivity contribution in [3.63, 3.8) is 0 Å². The molecule has 0 saturated carbocycles. The zero-order valence-corrected chi connectivity index (χ0v) is 7.76. The molecular formula is H2CaMgO3Si. The van der Waals surface area contributed by atoms with E-state index in [1.54, 1.807) is 0 Å². The van der Waals surface area contributed by atoms with Gasteiger partial charge in [-0.25, -0.2) is 0 Å². The summed E-state index contributed by atoms with van der Waals surface area (Å²) in [5.74, 6) is 0. The van der Waals surface area contributed by atoms with Crippen molar-refractivity contribution in [3.05, 3.63) is 0 Å². The van der Waals surface area contributed by atoms with Crippen LogP contribution in [-0.2, 0) is 4.46 Å². The quantitative estimate of drug-likeness (QED) is 0.331. The van der Waals surface area contributed by atoms with Crippen LogP contribution in [0.4, 0.5) is 0 Å². The molecular weight excluding hydrogens is 140 g/mol. The van der Waals surface area contributed by atoms with E-state index in [0.717, 1.165) is 0 Å². The molecule has 0 saturated heterocycles. The molecule has 0 aromatic rings. The molecule has 6 heavy (non-hydrogen) atoms. The summed E-state index contributed by atoms with van der Waals surface area (Å²) in [6, 6.07) is 0. The van der Waals surface area contributed by atoms with Crippen LogP contribution in [0.1, 0.15) is 2.85 Å². The van der Waals surface area contributed by atoms with Gasteiger partial charge in [0.05, 0.1) is 0 Å². The van der Waals surface area contributed by atoms with Crippen LogP contribution in [0.2, 0.25) is 0 Å². The van der Waals surface area contributed by atoms with Gasteiger partial charge in [-0.2, -0.15) is 0 Å². The summed E-state index contributed by atoms with van der Waals surface area (Å²) in [6.07, 6.45) is 0. The summed E-state index contributed by atoms with van der Waals surface area (Å²) in [5, 5.41) is 0. The Morgan fingerprint density at radius 3 is 1.50 bits per heavy atom. The first-order valence-corrected chi connectivity index (χ1v) is 1.84. The maximum Gasteiger partial charge on any atom is 2.00 e. The molecule has 0 fully saturated rings. The van der Waals surface area contributed by atoms with E-state index in [1.165, 1.54) is 0 Å². The molecule has 0 heterocycles. The fraction of sp³-hybridized carbons (Fsp3) is 0. The van der Waals surface area contributed by atoms with E-state index < -0.39 is 9.17 Å². The van der Waals surface area contributed by atoms with Crippen LogP contribution in [0.25, 0.3) is 0 Å². The van der Waals surface area contributed by atoms with Crippen molar-refractivity contribution in [2.45, 2.75) is 0 Å². The second kappa shape index (κ2) is 9.81. The van der Waals surface area contributed by atoms with Crippen molar-refractivity contribution < 1.29 is 16.9 Å². The van der Waals surface area contributed by atoms with Crippen LogP contribution < -0.4 is 9.59 Å². The van der Waals surface area contributed by atoms with E-state index >= 15 is 0 Å². The summed E-state index contributed by atoms with van der Waals surface area (Å²) in [7, 11) is -3.63. The molecule has 0 spiro atoms. The molecule has 0 aromatic carbocycles. The predicted molar refractivity (Wildman–Crippen MR) is 20.2 cm³/mol. The SMILES string of the molecule is O=[Si]([O-])[O-].[Ca+2].[H-].[H-].[Mg+2]. The molecule has 0 amide bonds. The van der Waals surface area contributed by atoms with E-state index in [9.17, 15) is 0 Å². The maximum atomic E-state index is 8.52. The topological polar surface area (TPSA) is 63.2 Å². The van der Waals surface area contributed by atoms with E-state index in [1.807, 2.05) is 0 Å². The van der Waals surface area contributed by atoms with Crippen molar-refractivity contribution in [3.8, 4) is 0 Å². The fourth-order valence-electron chi connectivity index (χ4n) is 0. The Balaban J connectivity index is -0.00000000750. The van der Waals surface area contributed by atoms with Crippen molar-refractivity contribution in [1.82, 2.24) is 0 Å². The molecule has 28 valence electrons. The molecule has 0 rings (SSSR count). The fourth-order valence-corrected chi connectivity index (χ4v) is 0. The van der Waals surface area contributed by atoms with E-state index in [2.05, 4.69) is 0 Å². The molecule has 0 aromatic heterocycles. The third kappa shape index (κ3) is 45.1. The van der Waals surface area contributed by atoms with Gasteiger partial charge in [-0.1, -0.05) is 0 Å². The Labute approximate surface area is 85.8 Å². The second-order valence-corrected chi connectivity index (χ2v) is 0.750. The smallest absolute Gasteiger partial charge is 1.00 e. The van der Waals surface area contributed by atoms with Crippen molar-refractivity contribution in [2.24, 2.45) is 0 Å². The largest absolute Gasteiger partial charge is 2.00 e. The van der Waals surface area contributed by atoms with Gasteiger partial charge >= 0.3 is 60.8 Å². The van der Waals surface area contributed by atoms with Crippen LogP contribution >= 0.6 is 0 Å². The van der Waals surface area contributed by atoms with Crippen LogP contribution in [0, 0.1) is 0 Å². The molecule has 6 heteroatoms. The average Bonchev–Trinajstić information content (AvgIpc) is 0.811. The minimum atomic E-state index is -3.63. The summed E-state index contributed by atoms with van der Waals surface area (Å²) < 4.78 is 8.52. The third-order valence-electron chi connectivity index (χ3n) is 0. The van der Waals surface area contributed by atoms with Crippen LogP contribution in [-0.4, -0.2) is 70.0 Å². The average molecular weight is 142 g/mol. The molecule has 3 nitrogen and oxygen atoms in total. The van der Waals surface area contributed by atoms with Crippen LogP contribution in [0.3, 0.4) is 0 Å². The monoisotopic (exact) mass is 142 g/mol. The minimum Gasteiger partial charge on any atom is -1.00 e. The molecule has 0 bridgehead atoms. The van der Waals surface area contributed by atoms with Crippen molar-refractivity contribution in [1.29, 1.82) is 0 Å². The van der Waals surface area contributed by atoms with Crippen molar-refractivity contribution >= 4 is 70.0 Å². The standard InChI is InChI=1S/Ca.Mg.O3Si.2H/c;;1-4(2)3;;/q2*+2;-2;2*-1. The Bertz CT molecular complexity index is 40.3. The van der Waals surface area contributed by atoms with Gasteiger partial charge in [0, 0.05) is 9.17 Å². The van der Waals surface area contributed by atoms with E-state index in [4.69, 9.17) is 14.1 Å². The van der Waals surface area contributed by atoms with Gasteiger partial charge in [0.15, 0.2) is 0 Å². The van der Waals surface area contributed by atoms with Gasteiger partial charge in [0.2, 0.25) is 0 Å². The van der Waals surface area contributed by atoms with Gasteiger partial charge < -0.3 is 16.9 Å². The van der Waals surface area contributed by atoms with Crippen LogP contribution in [0.5, 0.6) is 0 Å². The third-order valence-corrected chi connectivity index (χ3v) is 0. The zero-order valence-electron chi connectivity index (χ0n) is 5.14. The van der Waals surface area contributed by atoms with Gasteiger partial charge in [0.1, 0.15) is 0 Å². The summed E-state index contributed by atoms with van der Waals surface area (Å²) in [5.41, 5.74) is 0. The Kier molecular flexibility index (Phi) is 25.6. The van der Waals surface area contributed by atoms with E-state index in [0.29, 0.717) is 0 Å².